The van der Waals surface area contributed by atoms with Crippen LogP contribution in [0.4, 0.5) is 16.2 Å². The van der Waals surface area contributed by atoms with Gasteiger partial charge in [-0.1, -0.05) is 28.1 Å². The average molecular weight is 446 g/mol. The van der Waals surface area contributed by atoms with Crippen molar-refractivity contribution in [3.8, 4) is 5.75 Å². The molecule has 0 radical (unpaired) electrons. The molecular weight excluding hydrogens is 422 g/mol. The second-order valence-corrected chi connectivity index (χ2v) is 7.95. The van der Waals surface area contributed by atoms with Crippen molar-refractivity contribution in [2.75, 3.05) is 17.7 Å². The highest BCUT2D eigenvalue weighted by Crippen LogP contribution is 2.34. The first-order valence-electron chi connectivity index (χ1n) is 9.20. The minimum Gasteiger partial charge on any atom is -0.495 e. The van der Waals surface area contributed by atoms with Gasteiger partial charge in [-0.25, -0.2) is 4.79 Å². The summed E-state index contributed by atoms with van der Waals surface area (Å²) < 4.78 is 6.46. The Balaban J connectivity index is 1.82. The van der Waals surface area contributed by atoms with Crippen LogP contribution in [0.25, 0.3) is 0 Å². The van der Waals surface area contributed by atoms with Crippen LogP contribution in [0, 0.1) is 0 Å². The molecule has 6 nitrogen and oxygen atoms in total. The zero-order valence-corrected chi connectivity index (χ0v) is 17.8. The number of hydrogen-bond donors (Lipinski definition) is 2. The van der Waals surface area contributed by atoms with E-state index < -0.39 is 0 Å². The number of urea groups is 1. The molecule has 1 aliphatic rings. The van der Waals surface area contributed by atoms with Crippen molar-refractivity contribution in [3.63, 3.8) is 0 Å². The van der Waals surface area contributed by atoms with Crippen molar-refractivity contribution in [1.29, 1.82) is 0 Å². The number of amides is 3. The number of methoxy groups -OCH3 is 1. The van der Waals surface area contributed by atoms with Gasteiger partial charge in [-0.15, -0.1) is 0 Å². The van der Waals surface area contributed by atoms with E-state index in [-0.39, 0.29) is 18.0 Å². The lowest BCUT2D eigenvalue weighted by Gasteiger charge is -2.28. The topological polar surface area (TPSA) is 70.7 Å². The molecule has 148 valence electrons. The molecule has 2 N–H and O–H groups in total. The molecular formula is C21H24BrN3O3. The molecule has 0 aliphatic carbocycles. The number of halogens is 1. The van der Waals surface area contributed by atoms with Gasteiger partial charge >= 0.3 is 6.03 Å². The monoisotopic (exact) mass is 445 g/mol. The van der Waals surface area contributed by atoms with Crippen LogP contribution in [0.3, 0.4) is 0 Å². The van der Waals surface area contributed by atoms with Crippen LogP contribution in [-0.4, -0.2) is 30.0 Å². The van der Waals surface area contributed by atoms with Crippen LogP contribution in [0.2, 0.25) is 0 Å². The summed E-state index contributed by atoms with van der Waals surface area (Å²) in [6.07, 6.45) is 1.11. The maximum atomic E-state index is 13.0. The molecule has 0 fully saturated rings. The van der Waals surface area contributed by atoms with E-state index in [2.05, 4.69) is 26.6 Å². The van der Waals surface area contributed by atoms with Crippen LogP contribution >= 0.6 is 15.9 Å². The first-order valence-corrected chi connectivity index (χ1v) is 9.99. The fourth-order valence-corrected chi connectivity index (χ4v) is 3.40. The molecule has 0 saturated heterocycles. The van der Waals surface area contributed by atoms with E-state index in [0.717, 1.165) is 21.3 Å². The Bertz CT molecular complexity index is 881. The highest BCUT2D eigenvalue weighted by atomic mass is 79.9. The molecule has 0 unspecified atom stereocenters. The molecule has 3 amide bonds. The summed E-state index contributed by atoms with van der Waals surface area (Å²) in [4.78, 5) is 26.4. The Morgan fingerprint density at radius 2 is 1.96 bits per heavy atom. The smallest absolute Gasteiger partial charge is 0.322 e. The molecule has 28 heavy (non-hydrogen) atoms. The molecule has 2 aromatic carbocycles. The molecule has 1 heterocycles. The summed E-state index contributed by atoms with van der Waals surface area (Å²) in [5.74, 6) is 0.560. The van der Waals surface area contributed by atoms with Crippen molar-refractivity contribution >= 4 is 39.2 Å². The fraction of sp³-hybridized carbons (Fsp3) is 0.333. The largest absolute Gasteiger partial charge is 0.495 e. The van der Waals surface area contributed by atoms with Gasteiger partial charge in [-0.2, -0.15) is 0 Å². The highest BCUT2D eigenvalue weighted by Gasteiger charge is 2.22. The molecule has 0 atom stereocenters. The number of nitrogens with zero attached hydrogens (tertiary/aromatic N) is 1. The molecule has 2 aromatic rings. The number of carbonyl (C=O) groups excluding carboxylic acids is 2. The number of ether oxygens (including phenoxy) is 1. The molecule has 0 saturated carbocycles. The summed E-state index contributed by atoms with van der Waals surface area (Å²) >= 11 is 3.43. The van der Waals surface area contributed by atoms with Gasteiger partial charge in [0.1, 0.15) is 5.75 Å². The summed E-state index contributed by atoms with van der Waals surface area (Å²) in [6, 6.07) is 11.3. The highest BCUT2D eigenvalue weighted by molar-refractivity contribution is 9.10. The third-order valence-electron chi connectivity index (χ3n) is 4.71. The van der Waals surface area contributed by atoms with Crippen molar-refractivity contribution in [3.05, 3.63) is 52.0 Å². The Labute approximate surface area is 173 Å². The van der Waals surface area contributed by atoms with E-state index in [9.17, 15) is 9.59 Å². The number of benzene rings is 2. The van der Waals surface area contributed by atoms with Gasteiger partial charge in [-0.05, 0) is 55.7 Å². The Hall–Kier alpha value is -2.54. The van der Waals surface area contributed by atoms with Crippen LogP contribution < -0.4 is 15.4 Å². The van der Waals surface area contributed by atoms with Crippen LogP contribution in [-0.2, 0) is 17.8 Å². The van der Waals surface area contributed by atoms with Gasteiger partial charge in [0.15, 0.2) is 0 Å². The van der Waals surface area contributed by atoms with E-state index in [4.69, 9.17) is 4.74 Å². The molecule has 0 spiro atoms. The van der Waals surface area contributed by atoms with Gasteiger partial charge in [-0.3, -0.25) is 4.79 Å². The first kappa shape index (κ1) is 20.2. The van der Waals surface area contributed by atoms with Crippen LogP contribution in [0.15, 0.2) is 40.9 Å². The zero-order valence-electron chi connectivity index (χ0n) is 16.2. The van der Waals surface area contributed by atoms with E-state index in [0.29, 0.717) is 30.8 Å². The zero-order chi connectivity index (χ0) is 20.3. The third kappa shape index (κ3) is 4.65. The van der Waals surface area contributed by atoms with Crippen LogP contribution in [0.1, 0.15) is 31.4 Å². The Kier molecular flexibility index (Phi) is 6.24. The molecule has 7 heteroatoms. The summed E-state index contributed by atoms with van der Waals surface area (Å²) in [7, 11) is 1.57. The molecule has 0 bridgehead atoms. The predicted molar refractivity (Wildman–Crippen MR) is 114 cm³/mol. The molecule has 3 rings (SSSR count). The second kappa shape index (κ2) is 8.65. The van der Waals surface area contributed by atoms with E-state index in [1.807, 2.05) is 44.2 Å². The summed E-state index contributed by atoms with van der Waals surface area (Å²) in [5, 5.41) is 5.80. The van der Waals surface area contributed by atoms with Crippen molar-refractivity contribution in [2.45, 2.75) is 39.3 Å². The normalized spacial score (nSPS) is 13.0. The minimum absolute atomic E-state index is 0.00646. The van der Waals surface area contributed by atoms with Gasteiger partial charge in [0.05, 0.1) is 12.8 Å². The van der Waals surface area contributed by atoms with Gasteiger partial charge in [0.25, 0.3) is 0 Å². The lowest BCUT2D eigenvalue weighted by Crippen LogP contribution is -2.39. The number of aryl methyl sites for hydroxylation is 1. The minimum atomic E-state index is -0.224. The standard InChI is InChI=1S/C21H24BrN3O3/c1-13(2)25(12-14-4-7-16(22)8-5-14)21(27)24-18-11-17-15(10-19(18)28-3)6-9-20(26)23-17/h4-5,7-8,10-11,13H,6,9,12H2,1-3H3,(H,23,26)(H,24,27). The van der Waals surface area contributed by atoms with Gasteiger partial charge < -0.3 is 20.3 Å². The third-order valence-corrected chi connectivity index (χ3v) is 5.24. The quantitative estimate of drug-likeness (QED) is 0.694. The van der Waals surface area contributed by atoms with Crippen molar-refractivity contribution < 1.29 is 14.3 Å². The average Bonchev–Trinajstić information content (AvgIpc) is 2.66. The SMILES string of the molecule is COc1cc2c(cc1NC(=O)N(Cc1ccc(Br)cc1)C(C)C)NC(=O)CC2. The second-order valence-electron chi connectivity index (χ2n) is 7.04. The molecule has 1 aliphatic heterocycles. The number of nitrogens with one attached hydrogen (secondary N) is 2. The number of rotatable bonds is 5. The lowest BCUT2D eigenvalue weighted by atomic mass is 10.0. The van der Waals surface area contributed by atoms with Gasteiger partial charge in [0, 0.05) is 29.2 Å². The maximum absolute atomic E-state index is 13.0. The predicted octanol–water partition coefficient (Wildman–Crippen LogP) is 4.78. The Morgan fingerprint density at radius 3 is 2.61 bits per heavy atom. The number of hydrogen-bond acceptors (Lipinski definition) is 3. The lowest BCUT2D eigenvalue weighted by molar-refractivity contribution is -0.116. The fourth-order valence-electron chi connectivity index (χ4n) is 3.13. The Morgan fingerprint density at radius 1 is 1.25 bits per heavy atom. The summed E-state index contributed by atoms with van der Waals surface area (Å²) in [5.41, 5.74) is 3.30. The van der Waals surface area contributed by atoms with E-state index >= 15 is 0 Å². The number of fused-ring (bicyclic) bond motifs is 1. The number of anilines is 2. The van der Waals surface area contributed by atoms with Gasteiger partial charge in [0.2, 0.25) is 5.91 Å². The maximum Gasteiger partial charge on any atom is 0.322 e. The van der Waals surface area contributed by atoms with E-state index in [1.54, 1.807) is 18.1 Å². The van der Waals surface area contributed by atoms with Crippen molar-refractivity contribution in [2.24, 2.45) is 0 Å². The number of carbonyl (C=O) groups is 2. The summed E-state index contributed by atoms with van der Waals surface area (Å²) in [6.45, 7) is 4.44. The first-order chi connectivity index (χ1) is 13.4. The van der Waals surface area contributed by atoms with Crippen molar-refractivity contribution in [1.82, 2.24) is 4.90 Å². The molecule has 0 aromatic heterocycles. The van der Waals surface area contributed by atoms with E-state index in [1.165, 1.54) is 0 Å². The van der Waals surface area contributed by atoms with Crippen LogP contribution in [0.5, 0.6) is 5.75 Å².